The first-order chi connectivity index (χ1) is 8.65. The first-order valence-corrected chi connectivity index (χ1v) is 5.70. The van der Waals surface area contributed by atoms with Gasteiger partial charge in [-0.15, -0.1) is 0 Å². The number of hydrazine groups is 1. The molecule has 2 heterocycles. The SMILES string of the molecule is NC1NNC2C=C(c3ccc(F)cc3)NC(=O)C12. The van der Waals surface area contributed by atoms with E-state index in [1.807, 2.05) is 6.08 Å². The molecule has 5 nitrogen and oxygen atoms in total. The molecular weight excluding hydrogens is 235 g/mol. The van der Waals surface area contributed by atoms with Gasteiger partial charge in [0.15, 0.2) is 0 Å². The molecule has 3 unspecified atom stereocenters. The van der Waals surface area contributed by atoms with Crippen LogP contribution in [0.1, 0.15) is 5.56 Å². The van der Waals surface area contributed by atoms with Gasteiger partial charge < -0.3 is 11.1 Å². The topological polar surface area (TPSA) is 79.2 Å². The monoisotopic (exact) mass is 248 g/mol. The lowest BCUT2D eigenvalue weighted by Crippen LogP contribution is -2.47. The second kappa shape index (κ2) is 4.16. The van der Waals surface area contributed by atoms with Gasteiger partial charge in [-0.25, -0.2) is 15.2 Å². The second-order valence-electron chi connectivity index (χ2n) is 4.44. The first kappa shape index (κ1) is 11.3. The molecule has 2 aliphatic rings. The van der Waals surface area contributed by atoms with Gasteiger partial charge in [0.05, 0.1) is 18.1 Å². The number of carbonyl (C=O) groups excluding carboxylic acids is 1. The fraction of sp³-hybridized carbons (Fsp3) is 0.250. The van der Waals surface area contributed by atoms with Crippen molar-refractivity contribution >= 4 is 11.6 Å². The van der Waals surface area contributed by atoms with Crippen LogP contribution in [0.2, 0.25) is 0 Å². The smallest absolute Gasteiger partial charge is 0.232 e. The Kier molecular flexibility index (Phi) is 2.62. The summed E-state index contributed by atoms with van der Waals surface area (Å²) in [5, 5.41) is 2.79. The van der Waals surface area contributed by atoms with Gasteiger partial charge in [0.1, 0.15) is 5.82 Å². The number of hydrogen-bond acceptors (Lipinski definition) is 4. The van der Waals surface area contributed by atoms with Gasteiger partial charge in [-0.1, -0.05) is 0 Å². The Morgan fingerprint density at radius 3 is 2.61 bits per heavy atom. The van der Waals surface area contributed by atoms with Crippen molar-refractivity contribution in [3.05, 3.63) is 41.7 Å². The van der Waals surface area contributed by atoms with Crippen molar-refractivity contribution in [2.75, 3.05) is 0 Å². The highest BCUT2D eigenvalue weighted by molar-refractivity contribution is 5.92. The lowest BCUT2D eigenvalue weighted by molar-refractivity contribution is -0.124. The van der Waals surface area contributed by atoms with E-state index in [1.54, 1.807) is 12.1 Å². The average Bonchev–Trinajstić information content (AvgIpc) is 2.72. The molecule has 1 aromatic carbocycles. The molecule has 94 valence electrons. The lowest BCUT2D eigenvalue weighted by Gasteiger charge is -2.25. The van der Waals surface area contributed by atoms with Crippen LogP contribution in [0.5, 0.6) is 0 Å². The van der Waals surface area contributed by atoms with Crippen LogP contribution in [-0.2, 0) is 4.79 Å². The van der Waals surface area contributed by atoms with Crippen molar-refractivity contribution < 1.29 is 9.18 Å². The van der Waals surface area contributed by atoms with Gasteiger partial charge >= 0.3 is 0 Å². The van der Waals surface area contributed by atoms with E-state index in [0.717, 1.165) is 5.56 Å². The van der Waals surface area contributed by atoms with E-state index in [1.165, 1.54) is 12.1 Å². The maximum absolute atomic E-state index is 12.9. The highest BCUT2D eigenvalue weighted by Crippen LogP contribution is 2.24. The molecule has 2 aliphatic heterocycles. The summed E-state index contributed by atoms with van der Waals surface area (Å²) in [7, 11) is 0. The van der Waals surface area contributed by atoms with E-state index in [9.17, 15) is 9.18 Å². The van der Waals surface area contributed by atoms with Gasteiger partial charge in [-0.2, -0.15) is 0 Å². The van der Waals surface area contributed by atoms with Crippen LogP contribution >= 0.6 is 0 Å². The van der Waals surface area contributed by atoms with Crippen LogP contribution in [0, 0.1) is 11.7 Å². The normalized spacial score (nSPS) is 30.7. The van der Waals surface area contributed by atoms with Crippen LogP contribution in [0.4, 0.5) is 4.39 Å². The summed E-state index contributed by atoms with van der Waals surface area (Å²) in [6.07, 6.45) is 1.49. The van der Waals surface area contributed by atoms with Crippen LogP contribution in [0.25, 0.3) is 5.70 Å². The second-order valence-corrected chi connectivity index (χ2v) is 4.44. The molecule has 0 aliphatic carbocycles. The number of fused-ring (bicyclic) bond motifs is 1. The fourth-order valence-corrected chi connectivity index (χ4v) is 2.30. The quantitative estimate of drug-likeness (QED) is 0.549. The van der Waals surface area contributed by atoms with Crippen molar-refractivity contribution in [2.45, 2.75) is 12.2 Å². The number of carbonyl (C=O) groups is 1. The van der Waals surface area contributed by atoms with Crippen molar-refractivity contribution in [1.29, 1.82) is 0 Å². The van der Waals surface area contributed by atoms with Gasteiger partial charge in [0.25, 0.3) is 0 Å². The van der Waals surface area contributed by atoms with Crippen molar-refractivity contribution in [1.82, 2.24) is 16.2 Å². The Labute approximate surface area is 103 Å². The Balaban J connectivity index is 1.93. The minimum atomic E-state index is -0.402. The molecule has 0 spiro atoms. The van der Waals surface area contributed by atoms with Crippen LogP contribution in [0.3, 0.4) is 0 Å². The predicted molar refractivity (Wildman–Crippen MR) is 64.0 cm³/mol. The summed E-state index contributed by atoms with van der Waals surface area (Å²) in [5.74, 6) is -0.761. The predicted octanol–water partition coefficient (Wildman–Crippen LogP) is -0.326. The third kappa shape index (κ3) is 1.80. The summed E-state index contributed by atoms with van der Waals surface area (Å²) in [6.45, 7) is 0. The molecule has 0 radical (unpaired) electrons. The van der Waals surface area contributed by atoms with Crippen molar-refractivity contribution in [3.63, 3.8) is 0 Å². The molecule has 1 amide bonds. The Hall–Kier alpha value is -1.76. The number of rotatable bonds is 1. The van der Waals surface area contributed by atoms with E-state index in [2.05, 4.69) is 16.2 Å². The fourth-order valence-electron chi connectivity index (χ4n) is 2.30. The number of amides is 1. The Morgan fingerprint density at radius 1 is 1.17 bits per heavy atom. The Morgan fingerprint density at radius 2 is 1.89 bits per heavy atom. The maximum atomic E-state index is 12.9. The van der Waals surface area contributed by atoms with Crippen molar-refractivity contribution in [3.8, 4) is 0 Å². The molecular formula is C12H13FN4O. The zero-order chi connectivity index (χ0) is 12.7. The zero-order valence-electron chi connectivity index (χ0n) is 9.48. The van der Waals surface area contributed by atoms with Gasteiger partial charge in [-0.05, 0) is 35.9 Å². The highest BCUT2D eigenvalue weighted by atomic mass is 19.1. The van der Waals surface area contributed by atoms with E-state index < -0.39 is 6.17 Å². The van der Waals surface area contributed by atoms with E-state index >= 15 is 0 Å². The zero-order valence-corrected chi connectivity index (χ0v) is 9.48. The largest absolute Gasteiger partial charge is 0.325 e. The average molecular weight is 248 g/mol. The van der Waals surface area contributed by atoms with E-state index in [-0.39, 0.29) is 23.7 Å². The first-order valence-electron chi connectivity index (χ1n) is 5.70. The summed E-state index contributed by atoms with van der Waals surface area (Å²) in [4.78, 5) is 12.0. The number of benzene rings is 1. The summed E-state index contributed by atoms with van der Waals surface area (Å²) in [6, 6.07) is 5.84. The third-order valence-electron chi connectivity index (χ3n) is 3.25. The number of nitrogens with one attached hydrogen (secondary N) is 3. The van der Waals surface area contributed by atoms with Crippen LogP contribution in [-0.4, -0.2) is 18.1 Å². The number of nitrogens with two attached hydrogens (primary N) is 1. The summed E-state index contributed by atoms with van der Waals surface area (Å²) >= 11 is 0. The molecule has 6 heteroatoms. The number of halogens is 1. The summed E-state index contributed by atoms with van der Waals surface area (Å²) in [5.41, 5.74) is 13.0. The molecule has 0 bridgehead atoms. The van der Waals surface area contributed by atoms with Crippen molar-refractivity contribution in [2.24, 2.45) is 11.7 Å². The molecule has 0 saturated carbocycles. The van der Waals surface area contributed by atoms with Gasteiger partial charge in [-0.3, -0.25) is 4.79 Å². The number of hydrogen-bond donors (Lipinski definition) is 4. The molecule has 3 rings (SSSR count). The minimum Gasteiger partial charge on any atom is -0.325 e. The molecule has 0 aromatic heterocycles. The summed E-state index contributed by atoms with van der Waals surface area (Å²) < 4.78 is 12.9. The van der Waals surface area contributed by atoms with E-state index in [0.29, 0.717) is 5.70 Å². The van der Waals surface area contributed by atoms with Gasteiger partial charge in [0, 0.05) is 5.70 Å². The molecule has 1 aromatic rings. The van der Waals surface area contributed by atoms with E-state index in [4.69, 9.17) is 5.73 Å². The van der Waals surface area contributed by atoms with Crippen LogP contribution in [0.15, 0.2) is 30.3 Å². The lowest BCUT2D eigenvalue weighted by atomic mass is 9.92. The Bertz CT molecular complexity index is 513. The molecule has 1 fully saturated rings. The maximum Gasteiger partial charge on any atom is 0.232 e. The molecule has 18 heavy (non-hydrogen) atoms. The highest BCUT2D eigenvalue weighted by Gasteiger charge is 2.41. The third-order valence-corrected chi connectivity index (χ3v) is 3.25. The van der Waals surface area contributed by atoms with Crippen LogP contribution < -0.4 is 21.9 Å². The molecule has 5 N–H and O–H groups in total. The van der Waals surface area contributed by atoms with Gasteiger partial charge in [0.2, 0.25) is 5.91 Å². The molecule has 3 atom stereocenters. The standard InChI is InChI=1S/C12H13FN4O/c13-7-3-1-6(2-4-7)8-5-9-10(12(18)15-8)11(14)17-16-9/h1-5,9-11,16-17H,14H2,(H,15,18). The minimum absolute atomic E-state index is 0.133. The molecule has 1 saturated heterocycles.